The Labute approximate surface area is 485 Å². The quantitative estimate of drug-likeness (QED) is 0.0243. The number of aliphatic hydroxyl groups excluding tert-OH is 1. The maximum Gasteiger partial charge on any atom is 0.472 e. The van der Waals surface area contributed by atoms with E-state index in [0.29, 0.717) is 17.4 Å². The van der Waals surface area contributed by atoms with Crippen LogP contribution in [0.2, 0.25) is 0 Å². The number of hydrogen-bond acceptors (Lipinski definition) is 5. The second-order valence-corrected chi connectivity index (χ2v) is 25.6. The smallest absolute Gasteiger partial charge is 0.387 e. The highest BCUT2D eigenvalue weighted by molar-refractivity contribution is 7.47. The molecule has 0 aromatic heterocycles. The van der Waals surface area contributed by atoms with Gasteiger partial charge >= 0.3 is 7.82 Å². The van der Waals surface area contributed by atoms with E-state index in [1.54, 1.807) is 6.08 Å². The number of carbonyl (C=O) groups excluding carboxylic acids is 1. The number of allylic oxidation sites excluding steroid dienone is 9. The van der Waals surface area contributed by atoms with Crippen molar-refractivity contribution < 1.29 is 32.9 Å². The Kier molecular flexibility index (Phi) is 58.4. The van der Waals surface area contributed by atoms with Gasteiger partial charge in [0.1, 0.15) is 13.2 Å². The molecule has 9 heteroatoms. The highest BCUT2D eigenvalue weighted by Gasteiger charge is 2.28. The van der Waals surface area contributed by atoms with Gasteiger partial charge in [-0.25, -0.2) is 4.57 Å². The lowest BCUT2D eigenvalue weighted by atomic mass is 10.0. The third-order valence-electron chi connectivity index (χ3n) is 15.2. The maximum atomic E-state index is 13.0. The Morgan fingerprint density at radius 1 is 0.436 bits per heavy atom. The van der Waals surface area contributed by atoms with E-state index in [0.717, 1.165) is 51.4 Å². The first kappa shape index (κ1) is 76.2. The molecule has 0 aromatic carbocycles. The Morgan fingerprint density at radius 3 is 1.12 bits per heavy atom. The molecule has 0 saturated heterocycles. The third-order valence-corrected chi connectivity index (χ3v) is 16.2. The molecule has 0 rings (SSSR count). The molecule has 3 unspecified atom stereocenters. The molecular weight excluding hydrogens is 984 g/mol. The predicted octanol–water partition coefficient (Wildman–Crippen LogP) is 21.2. The molecule has 458 valence electrons. The predicted molar refractivity (Wildman–Crippen MR) is 341 cm³/mol. The third kappa shape index (κ3) is 61.8. The van der Waals surface area contributed by atoms with Crippen LogP contribution in [-0.2, 0) is 18.4 Å². The number of phosphoric acid groups is 1. The fraction of sp³-hybridized carbons (Fsp3) is 0.841. The average Bonchev–Trinajstić information content (AvgIpc) is 3.41. The van der Waals surface area contributed by atoms with E-state index in [-0.39, 0.29) is 19.1 Å². The first-order valence-electron chi connectivity index (χ1n) is 33.7. The summed E-state index contributed by atoms with van der Waals surface area (Å²) in [6.45, 7) is 4.82. The van der Waals surface area contributed by atoms with E-state index in [4.69, 9.17) is 9.05 Å². The van der Waals surface area contributed by atoms with Crippen LogP contribution in [0.15, 0.2) is 60.8 Å². The molecule has 3 atom stereocenters. The minimum atomic E-state index is -4.36. The van der Waals surface area contributed by atoms with E-state index < -0.39 is 20.0 Å². The molecule has 0 bridgehead atoms. The summed E-state index contributed by atoms with van der Waals surface area (Å²) in [5.41, 5.74) is 0. The molecule has 0 fully saturated rings. The normalized spacial score (nSPS) is 14.1. The first-order chi connectivity index (χ1) is 38.0. The average molecular weight is 1120 g/mol. The summed E-state index contributed by atoms with van der Waals surface area (Å²) < 4.78 is 23.8. The van der Waals surface area contributed by atoms with E-state index in [2.05, 4.69) is 67.8 Å². The van der Waals surface area contributed by atoms with E-state index in [9.17, 15) is 19.4 Å². The summed E-state index contributed by atoms with van der Waals surface area (Å²) in [6.07, 6.45) is 82.2. The number of carbonyl (C=O) groups is 1. The molecule has 0 saturated carbocycles. The topological polar surface area (TPSA) is 105 Å². The molecule has 0 aliphatic heterocycles. The van der Waals surface area contributed by atoms with Crippen molar-refractivity contribution in [3.63, 3.8) is 0 Å². The van der Waals surface area contributed by atoms with Gasteiger partial charge in [-0.15, -0.1) is 0 Å². The minimum absolute atomic E-state index is 0.0558. The van der Waals surface area contributed by atoms with Crippen LogP contribution in [0.25, 0.3) is 0 Å². The Bertz CT molecular complexity index is 1450. The number of phosphoric ester groups is 1. The number of amides is 1. The Balaban J connectivity index is 4.12. The minimum Gasteiger partial charge on any atom is -0.387 e. The molecule has 0 aliphatic rings. The highest BCUT2D eigenvalue weighted by atomic mass is 31.2. The highest BCUT2D eigenvalue weighted by Crippen LogP contribution is 2.43. The van der Waals surface area contributed by atoms with E-state index in [1.807, 2.05) is 27.2 Å². The van der Waals surface area contributed by atoms with Crippen LogP contribution < -0.4 is 5.32 Å². The van der Waals surface area contributed by atoms with Gasteiger partial charge in [0, 0.05) is 6.42 Å². The van der Waals surface area contributed by atoms with E-state index >= 15 is 0 Å². The lowest BCUT2D eigenvalue weighted by Gasteiger charge is -2.25. The number of unbranched alkanes of at least 4 members (excludes halogenated alkanes) is 41. The number of quaternary nitrogens is 1. The van der Waals surface area contributed by atoms with Crippen LogP contribution in [0.3, 0.4) is 0 Å². The van der Waals surface area contributed by atoms with Crippen molar-refractivity contribution in [2.75, 3.05) is 40.9 Å². The second kappa shape index (κ2) is 59.8. The van der Waals surface area contributed by atoms with Gasteiger partial charge in [0.25, 0.3) is 0 Å². The molecule has 3 N–H and O–H groups in total. The number of aliphatic hydroxyl groups is 1. The van der Waals surface area contributed by atoms with Gasteiger partial charge in [-0.05, 0) is 70.6 Å². The molecular formula is C69H132N2O6P+. The summed E-state index contributed by atoms with van der Waals surface area (Å²) in [4.78, 5) is 23.4. The Hall–Kier alpha value is -1.80. The van der Waals surface area contributed by atoms with Crippen molar-refractivity contribution in [1.82, 2.24) is 5.32 Å². The SMILES string of the molecule is CCCCCCC/C=C\C/C=C\C/C=C\CCCCCCCCCCCCCCCCCCC(=O)NC(COP(=O)(O)OCC[N+](C)(C)C)C(O)/C=C/CC/C=C/CCCCCCCCCCCCCCCCCCCCC. The van der Waals surface area contributed by atoms with Gasteiger partial charge in [0.05, 0.1) is 39.9 Å². The number of nitrogens with one attached hydrogen (secondary N) is 1. The van der Waals surface area contributed by atoms with Gasteiger partial charge in [-0.2, -0.15) is 0 Å². The Morgan fingerprint density at radius 2 is 0.744 bits per heavy atom. The van der Waals surface area contributed by atoms with Crippen molar-refractivity contribution in [2.45, 2.75) is 334 Å². The van der Waals surface area contributed by atoms with Gasteiger partial charge in [-0.3, -0.25) is 13.8 Å². The largest absolute Gasteiger partial charge is 0.472 e. The summed E-state index contributed by atoms with van der Waals surface area (Å²) in [5, 5.41) is 14.0. The van der Waals surface area contributed by atoms with Crippen LogP contribution in [0, 0.1) is 0 Å². The van der Waals surface area contributed by atoms with Gasteiger partial charge in [0.2, 0.25) is 5.91 Å². The summed E-state index contributed by atoms with van der Waals surface area (Å²) >= 11 is 0. The van der Waals surface area contributed by atoms with Crippen molar-refractivity contribution in [3.8, 4) is 0 Å². The van der Waals surface area contributed by atoms with Crippen LogP contribution in [-0.4, -0.2) is 73.4 Å². The zero-order valence-electron chi connectivity index (χ0n) is 52.4. The van der Waals surface area contributed by atoms with Crippen molar-refractivity contribution in [2.24, 2.45) is 0 Å². The fourth-order valence-corrected chi connectivity index (χ4v) is 10.7. The molecule has 0 aliphatic carbocycles. The van der Waals surface area contributed by atoms with Crippen molar-refractivity contribution in [1.29, 1.82) is 0 Å². The van der Waals surface area contributed by atoms with Crippen molar-refractivity contribution >= 4 is 13.7 Å². The van der Waals surface area contributed by atoms with Crippen LogP contribution in [0.1, 0.15) is 322 Å². The molecule has 1 amide bonds. The number of likely N-dealkylation sites (N-methyl/N-ethyl adjacent to an activating group) is 1. The summed E-state index contributed by atoms with van der Waals surface area (Å²) in [6, 6.07) is -0.866. The van der Waals surface area contributed by atoms with Crippen LogP contribution in [0.4, 0.5) is 0 Å². The van der Waals surface area contributed by atoms with Crippen LogP contribution >= 0.6 is 7.82 Å². The van der Waals surface area contributed by atoms with Gasteiger partial charge in [-0.1, -0.05) is 306 Å². The lowest BCUT2D eigenvalue weighted by Crippen LogP contribution is -2.45. The maximum absolute atomic E-state index is 13.0. The van der Waals surface area contributed by atoms with Crippen LogP contribution in [0.5, 0.6) is 0 Å². The molecule has 0 spiro atoms. The summed E-state index contributed by atoms with van der Waals surface area (Å²) in [5.74, 6) is -0.183. The lowest BCUT2D eigenvalue weighted by molar-refractivity contribution is -0.870. The molecule has 0 radical (unpaired) electrons. The zero-order chi connectivity index (χ0) is 57.0. The number of nitrogens with zero attached hydrogens (tertiary/aromatic N) is 1. The molecule has 78 heavy (non-hydrogen) atoms. The fourth-order valence-electron chi connectivity index (χ4n) is 9.95. The monoisotopic (exact) mass is 1120 g/mol. The second-order valence-electron chi connectivity index (χ2n) is 24.2. The molecule has 8 nitrogen and oxygen atoms in total. The standard InChI is InChI=1S/C69H131N2O6P/c1-6-8-10-12-14-16-18-20-22-24-26-28-30-32-33-34-35-36-37-39-41-43-45-47-49-51-53-55-57-59-61-63-69(73)70-67(66-77-78(74,75)76-65-64-71(3,4)5)68(72)62-60-58-56-54-52-50-48-46-44-42-40-38-31-29-27-25-23-21-19-17-15-13-11-9-7-2/h18,20,24,26,30,32,52,54,60,62,67-68,72H,6-17,19,21-23,25,27-29,31,33-51,53,55-59,61,63-66H2,1-5H3,(H-,70,73,74,75)/p+1/b20-18-,26-24-,32-30-,54-52+,62-60+. The molecule has 0 heterocycles. The number of hydrogen-bond donors (Lipinski definition) is 3. The van der Waals surface area contributed by atoms with Gasteiger partial charge in [0.15, 0.2) is 0 Å². The zero-order valence-corrected chi connectivity index (χ0v) is 53.3. The van der Waals surface area contributed by atoms with Crippen molar-refractivity contribution in [3.05, 3.63) is 60.8 Å². The first-order valence-corrected chi connectivity index (χ1v) is 35.2. The molecule has 0 aromatic rings. The van der Waals surface area contributed by atoms with E-state index in [1.165, 1.54) is 250 Å². The summed E-state index contributed by atoms with van der Waals surface area (Å²) in [7, 11) is 1.56. The number of rotatable bonds is 62. The van der Waals surface area contributed by atoms with Gasteiger partial charge < -0.3 is 19.8 Å².